The molecule has 2 aromatic rings. The quantitative estimate of drug-likeness (QED) is 0.495. The molecule has 158 valence electrons. The van der Waals surface area contributed by atoms with E-state index < -0.39 is 17.6 Å². The highest BCUT2D eigenvalue weighted by molar-refractivity contribution is 5.88. The molecule has 2 amide bonds. The van der Waals surface area contributed by atoms with Gasteiger partial charge in [-0.25, -0.2) is 0 Å². The lowest BCUT2D eigenvalue weighted by Gasteiger charge is -2.37. The van der Waals surface area contributed by atoms with Crippen LogP contribution in [0.2, 0.25) is 0 Å². The summed E-state index contributed by atoms with van der Waals surface area (Å²) in [6.45, 7) is 1.46. The summed E-state index contributed by atoms with van der Waals surface area (Å²) in [5, 5.41) is 23.0. The van der Waals surface area contributed by atoms with Crippen molar-refractivity contribution in [2.75, 3.05) is 37.7 Å². The summed E-state index contributed by atoms with van der Waals surface area (Å²) in [5.74, 6) is -0.679. The van der Waals surface area contributed by atoms with Crippen molar-refractivity contribution in [3.8, 4) is 0 Å². The van der Waals surface area contributed by atoms with Crippen LogP contribution in [0.3, 0.4) is 0 Å². The number of non-ortho nitro benzene ring substituents is 1. The van der Waals surface area contributed by atoms with Crippen LogP contribution in [0.4, 0.5) is 11.4 Å². The molecule has 0 aliphatic carbocycles. The van der Waals surface area contributed by atoms with Crippen LogP contribution in [0, 0.1) is 10.1 Å². The fourth-order valence-electron chi connectivity index (χ4n) is 3.31. The van der Waals surface area contributed by atoms with Crippen LogP contribution >= 0.6 is 0 Å². The van der Waals surface area contributed by atoms with Gasteiger partial charge in [0, 0.05) is 56.4 Å². The van der Waals surface area contributed by atoms with E-state index in [1.54, 1.807) is 41.6 Å². The van der Waals surface area contributed by atoms with Gasteiger partial charge >= 0.3 is 0 Å². The second kappa shape index (κ2) is 9.79. The van der Waals surface area contributed by atoms with Gasteiger partial charge in [-0.15, -0.1) is 0 Å². The van der Waals surface area contributed by atoms with Crippen molar-refractivity contribution >= 4 is 23.2 Å². The summed E-state index contributed by atoms with van der Waals surface area (Å²) in [5.41, 5.74) is 1.64. The van der Waals surface area contributed by atoms with E-state index in [1.807, 2.05) is 4.90 Å². The van der Waals surface area contributed by atoms with Crippen molar-refractivity contribution in [1.82, 2.24) is 15.2 Å². The van der Waals surface area contributed by atoms with Gasteiger partial charge in [0.15, 0.2) is 0 Å². The zero-order valence-electron chi connectivity index (χ0n) is 16.3. The normalized spacial score (nSPS) is 14.8. The van der Waals surface area contributed by atoms with Gasteiger partial charge in [0.05, 0.1) is 18.0 Å². The summed E-state index contributed by atoms with van der Waals surface area (Å²) in [6.07, 6.45) is 3.27. The lowest BCUT2D eigenvalue weighted by molar-refractivity contribution is -0.384. The lowest BCUT2D eigenvalue weighted by Crippen LogP contribution is -2.56. The topological polar surface area (TPSA) is 129 Å². The number of benzene rings is 1. The first kappa shape index (κ1) is 21.2. The second-order valence-corrected chi connectivity index (χ2v) is 6.92. The number of hydrogen-bond donors (Lipinski definition) is 2. The Morgan fingerprint density at radius 2 is 1.73 bits per heavy atom. The molecule has 1 fully saturated rings. The van der Waals surface area contributed by atoms with Gasteiger partial charge in [-0.2, -0.15) is 0 Å². The van der Waals surface area contributed by atoms with Crippen LogP contribution in [0.25, 0.3) is 0 Å². The monoisotopic (exact) mass is 413 g/mol. The molecule has 1 aliphatic rings. The maximum absolute atomic E-state index is 12.7. The van der Waals surface area contributed by atoms with Crippen molar-refractivity contribution in [2.45, 2.75) is 12.5 Å². The van der Waals surface area contributed by atoms with Gasteiger partial charge in [-0.05, 0) is 29.8 Å². The smallest absolute Gasteiger partial charge is 0.269 e. The van der Waals surface area contributed by atoms with Gasteiger partial charge in [0.1, 0.15) is 6.04 Å². The Labute approximate surface area is 173 Å². The molecule has 2 N–H and O–H groups in total. The zero-order chi connectivity index (χ0) is 21.5. The van der Waals surface area contributed by atoms with E-state index in [0.29, 0.717) is 26.2 Å². The largest absolute Gasteiger partial charge is 0.394 e. The molecule has 30 heavy (non-hydrogen) atoms. The Hall–Kier alpha value is -3.53. The number of piperazine rings is 1. The van der Waals surface area contributed by atoms with E-state index in [2.05, 4.69) is 10.3 Å². The third kappa shape index (κ3) is 5.29. The highest BCUT2D eigenvalue weighted by Gasteiger charge is 2.28. The fourth-order valence-corrected chi connectivity index (χ4v) is 3.31. The zero-order valence-corrected chi connectivity index (χ0v) is 16.3. The van der Waals surface area contributed by atoms with Crippen LogP contribution in [-0.2, 0) is 16.0 Å². The van der Waals surface area contributed by atoms with Crippen LogP contribution in [0.1, 0.15) is 5.56 Å². The van der Waals surface area contributed by atoms with Gasteiger partial charge in [0.2, 0.25) is 11.8 Å². The van der Waals surface area contributed by atoms with Gasteiger partial charge in [-0.1, -0.05) is 0 Å². The van der Waals surface area contributed by atoms with Gasteiger partial charge in [-0.3, -0.25) is 24.7 Å². The summed E-state index contributed by atoms with van der Waals surface area (Å²) in [7, 11) is 0. The van der Waals surface area contributed by atoms with E-state index in [4.69, 9.17) is 0 Å². The minimum Gasteiger partial charge on any atom is -0.394 e. The summed E-state index contributed by atoms with van der Waals surface area (Å²) >= 11 is 0. The second-order valence-electron chi connectivity index (χ2n) is 6.92. The average molecular weight is 413 g/mol. The molecule has 1 atom stereocenters. The number of amides is 2. The molecule has 0 radical (unpaired) electrons. The molecule has 10 heteroatoms. The molecule has 1 aromatic carbocycles. The summed E-state index contributed by atoms with van der Waals surface area (Å²) in [6, 6.07) is 8.71. The van der Waals surface area contributed by atoms with E-state index in [9.17, 15) is 24.8 Å². The third-order valence-electron chi connectivity index (χ3n) is 4.95. The number of anilines is 1. The van der Waals surface area contributed by atoms with Crippen LogP contribution in [0.15, 0.2) is 48.8 Å². The molecule has 0 saturated carbocycles. The summed E-state index contributed by atoms with van der Waals surface area (Å²) < 4.78 is 0. The molecular formula is C20H23N5O5. The van der Waals surface area contributed by atoms with Crippen molar-refractivity contribution in [2.24, 2.45) is 0 Å². The van der Waals surface area contributed by atoms with E-state index in [1.165, 1.54) is 12.1 Å². The summed E-state index contributed by atoms with van der Waals surface area (Å²) in [4.78, 5) is 42.8. The number of aliphatic hydroxyl groups is 1. The maximum Gasteiger partial charge on any atom is 0.269 e. The first-order valence-corrected chi connectivity index (χ1v) is 9.55. The molecule has 0 spiro atoms. The maximum atomic E-state index is 12.7. The number of aromatic nitrogens is 1. The Balaban J connectivity index is 1.52. The Morgan fingerprint density at radius 3 is 2.30 bits per heavy atom. The molecule has 1 aliphatic heterocycles. The highest BCUT2D eigenvalue weighted by atomic mass is 16.6. The van der Waals surface area contributed by atoms with Crippen LogP contribution in [-0.4, -0.2) is 70.6 Å². The Bertz CT molecular complexity index is 882. The molecule has 2 heterocycles. The predicted octanol–water partition coefficient (Wildman–Crippen LogP) is 0.358. The SMILES string of the molecule is O=C(Cc1ccncc1)NC(CO)C(=O)N1CCN(c2ccc([N+](=O)[O-])cc2)CC1. The van der Waals surface area contributed by atoms with Crippen molar-refractivity contribution in [3.63, 3.8) is 0 Å². The number of carbonyl (C=O) groups is 2. The average Bonchev–Trinajstić information content (AvgIpc) is 2.78. The molecular weight excluding hydrogens is 390 g/mol. The van der Waals surface area contributed by atoms with Crippen molar-refractivity contribution in [1.29, 1.82) is 0 Å². The Kier molecular flexibility index (Phi) is 6.91. The minimum absolute atomic E-state index is 0.0286. The Morgan fingerprint density at radius 1 is 1.10 bits per heavy atom. The van der Waals surface area contributed by atoms with Crippen molar-refractivity contribution < 1.29 is 19.6 Å². The number of carbonyl (C=O) groups excluding carboxylic acids is 2. The van der Waals surface area contributed by atoms with E-state index in [-0.39, 0.29) is 23.9 Å². The minimum atomic E-state index is -0.995. The fraction of sp³-hybridized carbons (Fsp3) is 0.350. The molecule has 10 nitrogen and oxygen atoms in total. The van der Waals surface area contributed by atoms with Crippen LogP contribution in [0.5, 0.6) is 0 Å². The number of nitrogens with zero attached hydrogens (tertiary/aromatic N) is 4. The lowest BCUT2D eigenvalue weighted by atomic mass is 10.1. The van der Waals surface area contributed by atoms with Gasteiger partial charge in [0.25, 0.3) is 5.69 Å². The number of pyridine rings is 1. The van der Waals surface area contributed by atoms with E-state index >= 15 is 0 Å². The number of nitro groups is 1. The first-order chi connectivity index (χ1) is 14.5. The molecule has 1 saturated heterocycles. The third-order valence-corrected chi connectivity index (χ3v) is 4.95. The standard InChI is InChI=1S/C20H23N5O5/c26-14-18(22-19(27)13-15-5-7-21-8-6-15)20(28)24-11-9-23(10-12-24)16-1-3-17(4-2-16)25(29)30/h1-8,18,26H,9-14H2,(H,22,27). The number of hydrogen-bond acceptors (Lipinski definition) is 7. The number of nitrogens with one attached hydrogen (secondary N) is 1. The molecule has 0 bridgehead atoms. The van der Waals surface area contributed by atoms with Crippen LogP contribution < -0.4 is 10.2 Å². The molecule has 1 aromatic heterocycles. The number of aliphatic hydroxyl groups excluding tert-OH is 1. The first-order valence-electron chi connectivity index (χ1n) is 9.55. The predicted molar refractivity (Wildman–Crippen MR) is 109 cm³/mol. The number of rotatable bonds is 7. The van der Waals surface area contributed by atoms with Gasteiger partial charge < -0.3 is 20.2 Å². The molecule has 1 unspecified atom stereocenters. The van der Waals surface area contributed by atoms with E-state index in [0.717, 1.165) is 11.3 Å². The molecule has 3 rings (SSSR count). The highest BCUT2D eigenvalue weighted by Crippen LogP contribution is 2.20. The number of nitro benzene ring substituents is 1. The van der Waals surface area contributed by atoms with Crippen molar-refractivity contribution in [3.05, 3.63) is 64.5 Å².